The number of pyridine rings is 1. The molecule has 0 radical (unpaired) electrons. The topological polar surface area (TPSA) is 48.4 Å². The van der Waals surface area contributed by atoms with Crippen LogP contribution in [0, 0.1) is 6.92 Å². The highest BCUT2D eigenvalue weighted by atomic mass is 16.3. The number of nitrogens with zero attached hydrogens (tertiary/aromatic N) is 2. The first kappa shape index (κ1) is 13.2. The third-order valence-corrected chi connectivity index (χ3v) is 3.00. The van der Waals surface area contributed by atoms with Crippen LogP contribution in [-0.4, -0.2) is 24.2 Å². The highest BCUT2D eigenvalue weighted by molar-refractivity contribution is 5.65. The van der Waals surface area contributed by atoms with Crippen LogP contribution < -0.4 is 10.2 Å². The van der Waals surface area contributed by atoms with E-state index >= 15 is 0 Å². The van der Waals surface area contributed by atoms with Crippen molar-refractivity contribution >= 4 is 11.5 Å². The second-order valence-electron chi connectivity index (χ2n) is 4.71. The number of aromatic nitrogens is 1. The Morgan fingerprint density at radius 3 is 2.74 bits per heavy atom. The van der Waals surface area contributed by atoms with E-state index in [4.69, 9.17) is 0 Å². The molecule has 0 spiro atoms. The second-order valence-corrected chi connectivity index (χ2v) is 4.71. The highest BCUT2D eigenvalue weighted by Crippen LogP contribution is 2.25. The molecule has 0 fully saturated rings. The number of hydrogen-bond acceptors (Lipinski definition) is 4. The molecule has 1 heterocycles. The first-order chi connectivity index (χ1) is 9.09. The van der Waals surface area contributed by atoms with E-state index in [-0.39, 0.29) is 0 Å². The van der Waals surface area contributed by atoms with E-state index in [0.29, 0.717) is 12.3 Å². The number of phenols is 1. The van der Waals surface area contributed by atoms with Gasteiger partial charge in [-0.2, -0.15) is 0 Å². The first-order valence-electron chi connectivity index (χ1n) is 6.23. The van der Waals surface area contributed by atoms with Crippen LogP contribution in [0.3, 0.4) is 0 Å². The second kappa shape index (κ2) is 5.61. The zero-order valence-corrected chi connectivity index (χ0v) is 11.5. The van der Waals surface area contributed by atoms with Crippen molar-refractivity contribution in [3.8, 4) is 5.75 Å². The molecule has 0 aliphatic rings. The molecular weight excluding hydrogens is 238 g/mol. The summed E-state index contributed by atoms with van der Waals surface area (Å²) in [4.78, 5) is 6.29. The molecule has 0 unspecified atom stereocenters. The van der Waals surface area contributed by atoms with Gasteiger partial charge in [0.15, 0.2) is 5.82 Å². The number of rotatable bonds is 4. The Kier molecular flexibility index (Phi) is 3.90. The lowest BCUT2D eigenvalue weighted by Gasteiger charge is -2.17. The van der Waals surface area contributed by atoms with Crippen molar-refractivity contribution in [3.05, 3.63) is 47.7 Å². The maximum Gasteiger partial charge on any atom is 0.151 e. The van der Waals surface area contributed by atoms with Gasteiger partial charge >= 0.3 is 0 Å². The maximum atomic E-state index is 9.99. The monoisotopic (exact) mass is 257 g/mol. The predicted molar refractivity (Wildman–Crippen MR) is 78.7 cm³/mol. The summed E-state index contributed by atoms with van der Waals surface area (Å²) in [5.74, 6) is 1.24. The Hall–Kier alpha value is -2.23. The summed E-state index contributed by atoms with van der Waals surface area (Å²) in [6.45, 7) is 2.47. The number of aromatic hydroxyl groups is 1. The largest absolute Gasteiger partial charge is 0.507 e. The van der Waals surface area contributed by atoms with Gasteiger partial charge in [0.1, 0.15) is 5.75 Å². The van der Waals surface area contributed by atoms with Crippen molar-refractivity contribution < 1.29 is 5.11 Å². The van der Waals surface area contributed by atoms with Crippen molar-refractivity contribution in [1.29, 1.82) is 0 Å². The SMILES string of the molecule is Cc1cccc(CNc2cccnc2N(C)C)c1O. The quantitative estimate of drug-likeness (QED) is 0.884. The van der Waals surface area contributed by atoms with Crippen LogP contribution in [0.1, 0.15) is 11.1 Å². The minimum absolute atomic E-state index is 0.352. The number of phenolic OH excluding ortho intramolecular Hbond substituents is 1. The van der Waals surface area contributed by atoms with E-state index in [0.717, 1.165) is 22.6 Å². The van der Waals surface area contributed by atoms with Gasteiger partial charge in [-0.3, -0.25) is 0 Å². The number of anilines is 2. The van der Waals surface area contributed by atoms with Crippen molar-refractivity contribution in [2.24, 2.45) is 0 Å². The van der Waals surface area contributed by atoms with Gasteiger partial charge in [-0.1, -0.05) is 18.2 Å². The van der Waals surface area contributed by atoms with Crippen LogP contribution in [0.25, 0.3) is 0 Å². The number of aryl methyl sites for hydroxylation is 1. The Morgan fingerprint density at radius 2 is 2.00 bits per heavy atom. The fraction of sp³-hybridized carbons (Fsp3) is 0.267. The van der Waals surface area contributed by atoms with E-state index < -0.39 is 0 Å². The van der Waals surface area contributed by atoms with Gasteiger partial charge in [-0.15, -0.1) is 0 Å². The van der Waals surface area contributed by atoms with Crippen LogP contribution in [0.15, 0.2) is 36.5 Å². The summed E-state index contributed by atoms with van der Waals surface area (Å²) in [6, 6.07) is 9.64. The Bertz CT molecular complexity index is 567. The normalized spacial score (nSPS) is 10.3. The summed E-state index contributed by atoms with van der Waals surface area (Å²) >= 11 is 0. The minimum atomic E-state index is 0.352. The fourth-order valence-corrected chi connectivity index (χ4v) is 1.94. The van der Waals surface area contributed by atoms with Crippen LogP contribution in [0.4, 0.5) is 11.5 Å². The molecule has 2 N–H and O–H groups in total. The predicted octanol–water partition coefficient (Wildman–Crippen LogP) is 2.77. The zero-order valence-electron chi connectivity index (χ0n) is 11.5. The average Bonchev–Trinajstić information content (AvgIpc) is 2.40. The summed E-state index contributed by atoms with van der Waals surface area (Å²) < 4.78 is 0. The smallest absolute Gasteiger partial charge is 0.151 e. The van der Waals surface area contributed by atoms with Crippen molar-refractivity contribution in [3.63, 3.8) is 0 Å². The molecule has 4 heteroatoms. The number of para-hydroxylation sites is 1. The maximum absolute atomic E-state index is 9.99. The van der Waals surface area contributed by atoms with Crippen molar-refractivity contribution in [1.82, 2.24) is 4.98 Å². The molecular formula is C15H19N3O. The van der Waals surface area contributed by atoms with E-state index in [1.54, 1.807) is 6.20 Å². The molecule has 1 aromatic carbocycles. The molecule has 1 aromatic heterocycles. The molecule has 0 aliphatic carbocycles. The summed E-state index contributed by atoms with van der Waals surface area (Å²) in [5, 5.41) is 13.3. The Morgan fingerprint density at radius 1 is 1.21 bits per heavy atom. The molecule has 0 saturated carbocycles. The lowest BCUT2D eigenvalue weighted by molar-refractivity contribution is 0.465. The number of benzene rings is 1. The average molecular weight is 257 g/mol. The van der Waals surface area contributed by atoms with Crippen LogP contribution in [-0.2, 0) is 6.54 Å². The van der Waals surface area contributed by atoms with Gasteiger partial charge in [0, 0.05) is 32.4 Å². The summed E-state index contributed by atoms with van der Waals surface area (Å²) in [6.07, 6.45) is 1.77. The lowest BCUT2D eigenvalue weighted by atomic mass is 10.1. The molecule has 0 saturated heterocycles. The van der Waals surface area contributed by atoms with E-state index in [1.165, 1.54) is 0 Å². The van der Waals surface area contributed by atoms with Gasteiger partial charge in [-0.25, -0.2) is 4.98 Å². The molecule has 4 nitrogen and oxygen atoms in total. The van der Waals surface area contributed by atoms with E-state index in [9.17, 15) is 5.11 Å². The number of hydrogen-bond donors (Lipinski definition) is 2. The van der Waals surface area contributed by atoms with Crippen LogP contribution >= 0.6 is 0 Å². The standard InChI is InChI=1S/C15H19N3O/c1-11-6-4-7-12(14(11)19)10-17-13-8-5-9-16-15(13)18(2)3/h4-9,17,19H,10H2,1-3H3. The van der Waals surface area contributed by atoms with Gasteiger partial charge < -0.3 is 15.3 Å². The van der Waals surface area contributed by atoms with Gasteiger partial charge in [0.25, 0.3) is 0 Å². The highest BCUT2D eigenvalue weighted by Gasteiger charge is 2.07. The lowest BCUT2D eigenvalue weighted by Crippen LogP contribution is -2.13. The van der Waals surface area contributed by atoms with Crippen LogP contribution in [0.5, 0.6) is 5.75 Å². The van der Waals surface area contributed by atoms with Gasteiger partial charge in [0.05, 0.1) is 5.69 Å². The number of nitrogens with one attached hydrogen (secondary N) is 1. The summed E-state index contributed by atoms with van der Waals surface area (Å²) in [5.41, 5.74) is 2.72. The third-order valence-electron chi connectivity index (χ3n) is 3.00. The Balaban J connectivity index is 2.17. The minimum Gasteiger partial charge on any atom is -0.507 e. The van der Waals surface area contributed by atoms with Crippen molar-refractivity contribution in [2.45, 2.75) is 13.5 Å². The molecule has 2 rings (SSSR count). The fourth-order valence-electron chi connectivity index (χ4n) is 1.94. The van der Waals surface area contributed by atoms with Gasteiger partial charge in [0.2, 0.25) is 0 Å². The zero-order chi connectivity index (χ0) is 13.8. The molecule has 100 valence electrons. The molecule has 2 aromatic rings. The third kappa shape index (κ3) is 2.96. The molecule has 0 bridgehead atoms. The molecule has 19 heavy (non-hydrogen) atoms. The van der Waals surface area contributed by atoms with Crippen LogP contribution in [0.2, 0.25) is 0 Å². The van der Waals surface area contributed by atoms with E-state index in [1.807, 2.05) is 56.3 Å². The molecule has 0 aliphatic heterocycles. The Labute approximate surface area is 113 Å². The summed E-state index contributed by atoms with van der Waals surface area (Å²) in [7, 11) is 3.91. The van der Waals surface area contributed by atoms with E-state index in [2.05, 4.69) is 10.3 Å². The molecule has 0 atom stereocenters. The van der Waals surface area contributed by atoms with Crippen molar-refractivity contribution in [2.75, 3.05) is 24.3 Å². The molecule has 0 amide bonds. The first-order valence-corrected chi connectivity index (χ1v) is 6.23. The van der Waals surface area contributed by atoms with Gasteiger partial charge in [-0.05, 0) is 24.6 Å².